The SMILES string of the molecule is Nc1nc2c(s1)CN(C(=O)c1cccnc1)C2. The van der Waals surface area contributed by atoms with Crippen LogP contribution in [0.25, 0.3) is 0 Å². The number of fused-ring (bicyclic) bond motifs is 1. The molecule has 0 saturated heterocycles. The molecular weight excluding hydrogens is 236 g/mol. The molecule has 0 bridgehead atoms. The molecule has 0 unspecified atom stereocenters. The third kappa shape index (κ3) is 1.76. The Kier molecular flexibility index (Phi) is 2.29. The Labute approximate surface area is 102 Å². The number of pyridine rings is 1. The van der Waals surface area contributed by atoms with E-state index in [1.807, 2.05) is 0 Å². The number of rotatable bonds is 1. The molecule has 1 amide bonds. The summed E-state index contributed by atoms with van der Waals surface area (Å²) in [4.78, 5) is 23.1. The molecule has 1 aliphatic heterocycles. The zero-order chi connectivity index (χ0) is 11.8. The van der Waals surface area contributed by atoms with Gasteiger partial charge < -0.3 is 10.6 Å². The highest BCUT2D eigenvalue weighted by molar-refractivity contribution is 7.15. The number of carbonyl (C=O) groups is 1. The van der Waals surface area contributed by atoms with Gasteiger partial charge in [-0.3, -0.25) is 9.78 Å². The standard InChI is InChI=1S/C11H10N4OS/c12-11-14-8-5-15(6-9(8)17-11)10(16)7-2-1-3-13-4-7/h1-4H,5-6H2,(H2,12,14). The zero-order valence-corrected chi connectivity index (χ0v) is 9.78. The first-order valence-corrected chi connectivity index (χ1v) is 5.99. The van der Waals surface area contributed by atoms with Crippen molar-refractivity contribution in [1.82, 2.24) is 14.9 Å². The normalized spacial score (nSPS) is 13.8. The lowest BCUT2D eigenvalue weighted by Gasteiger charge is -2.14. The number of carbonyl (C=O) groups excluding carboxylic acids is 1. The average molecular weight is 246 g/mol. The van der Waals surface area contributed by atoms with Gasteiger partial charge in [-0.05, 0) is 12.1 Å². The van der Waals surface area contributed by atoms with E-state index in [0.29, 0.717) is 23.8 Å². The first-order valence-electron chi connectivity index (χ1n) is 5.17. The Morgan fingerprint density at radius 3 is 3.06 bits per heavy atom. The van der Waals surface area contributed by atoms with Gasteiger partial charge in [0.25, 0.3) is 5.91 Å². The smallest absolute Gasteiger partial charge is 0.256 e. The molecule has 0 fully saturated rings. The van der Waals surface area contributed by atoms with Crippen LogP contribution in [0.3, 0.4) is 0 Å². The Hall–Kier alpha value is -1.95. The maximum absolute atomic E-state index is 12.1. The van der Waals surface area contributed by atoms with E-state index in [9.17, 15) is 4.79 Å². The molecule has 0 radical (unpaired) electrons. The van der Waals surface area contributed by atoms with Gasteiger partial charge in [0, 0.05) is 12.4 Å². The highest BCUT2D eigenvalue weighted by Crippen LogP contribution is 2.30. The monoisotopic (exact) mass is 246 g/mol. The summed E-state index contributed by atoms with van der Waals surface area (Å²) in [7, 11) is 0. The highest BCUT2D eigenvalue weighted by Gasteiger charge is 2.27. The van der Waals surface area contributed by atoms with Crippen molar-refractivity contribution in [3.8, 4) is 0 Å². The van der Waals surface area contributed by atoms with Crippen molar-refractivity contribution in [2.45, 2.75) is 13.1 Å². The van der Waals surface area contributed by atoms with Crippen LogP contribution in [0.1, 0.15) is 20.9 Å². The molecule has 0 atom stereocenters. The summed E-state index contributed by atoms with van der Waals surface area (Å²) in [5.41, 5.74) is 7.14. The summed E-state index contributed by atoms with van der Waals surface area (Å²) in [6.07, 6.45) is 3.23. The highest BCUT2D eigenvalue weighted by atomic mass is 32.1. The number of amides is 1. The predicted molar refractivity (Wildman–Crippen MR) is 64.3 cm³/mol. The van der Waals surface area contributed by atoms with E-state index in [2.05, 4.69) is 9.97 Å². The lowest BCUT2D eigenvalue weighted by Crippen LogP contribution is -2.25. The van der Waals surface area contributed by atoms with Crippen molar-refractivity contribution in [2.75, 3.05) is 5.73 Å². The third-order valence-corrected chi connectivity index (χ3v) is 3.58. The van der Waals surface area contributed by atoms with Crippen LogP contribution in [-0.2, 0) is 13.1 Å². The fourth-order valence-corrected chi connectivity index (χ4v) is 2.73. The maximum atomic E-state index is 12.1. The van der Waals surface area contributed by atoms with Crippen LogP contribution in [-0.4, -0.2) is 20.8 Å². The summed E-state index contributed by atoms with van der Waals surface area (Å²) < 4.78 is 0. The minimum atomic E-state index is -0.0122. The molecule has 1 aliphatic rings. The van der Waals surface area contributed by atoms with Crippen molar-refractivity contribution in [2.24, 2.45) is 0 Å². The second-order valence-corrected chi connectivity index (χ2v) is 4.94. The summed E-state index contributed by atoms with van der Waals surface area (Å²) in [6.45, 7) is 1.13. The summed E-state index contributed by atoms with van der Waals surface area (Å²) in [6, 6.07) is 3.53. The number of anilines is 1. The lowest BCUT2D eigenvalue weighted by atomic mass is 10.2. The number of aromatic nitrogens is 2. The molecule has 0 saturated carbocycles. The molecule has 2 N–H and O–H groups in total. The third-order valence-electron chi connectivity index (χ3n) is 2.67. The molecule has 0 aliphatic carbocycles. The molecule has 0 aromatic carbocycles. The van der Waals surface area contributed by atoms with Gasteiger partial charge in [0.1, 0.15) is 0 Å². The molecule has 2 aromatic heterocycles. The number of hydrogen-bond donors (Lipinski definition) is 1. The van der Waals surface area contributed by atoms with Crippen molar-refractivity contribution >= 4 is 22.4 Å². The molecule has 3 heterocycles. The zero-order valence-electron chi connectivity index (χ0n) is 8.96. The molecule has 0 spiro atoms. The first kappa shape index (κ1) is 10.2. The molecule has 86 valence electrons. The fraction of sp³-hybridized carbons (Fsp3) is 0.182. The van der Waals surface area contributed by atoms with E-state index in [1.165, 1.54) is 11.3 Å². The van der Waals surface area contributed by atoms with Gasteiger partial charge in [0.15, 0.2) is 5.13 Å². The second-order valence-electron chi connectivity index (χ2n) is 3.82. The summed E-state index contributed by atoms with van der Waals surface area (Å²) in [5.74, 6) is -0.0122. The Morgan fingerprint density at radius 1 is 1.47 bits per heavy atom. The summed E-state index contributed by atoms with van der Waals surface area (Å²) >= 11 is 1.45. The minimum Gasteiger partial charge on any atom is -0.375 e. The minimum absolute atomic E-state index is 0.0122. The van der Waals surface area contributed by atoms with Crippen molar-refractivity contribution < 1.29 is 4.79 Å². The Balaban J connectivity index is 1.81. The quantitative estimate of drug-likeness (QED) is 0.822. The molecular formula is C11H10N4OS. The van der Waals surface area contributed by atoms with Crippen molar-refractivity contribution in [3.05, 3.63) is 40.7 Å². The lowest BCUT2D eigenvalue weighted by molar-refractivity contribution is 0.0750. The van der Waals surface area contributed by atoms with Crippen molar-refractivity contribution in [3.63, 3.8) is 0 Å². The molecule has 17 heavy (non-hydrogen) atoms. The second kappa shape index (κ2) is 3.81. The first-order chi connectivity index (χ1) is 8.24. The van der Waals surface area contributed by atoms with Gasteiger partial charge in [-0.2, -0.15) is 0 Å². The van der Waals surface area contributed by atoms with Gasteiger partial charge in [-0.25, -0.2) is 4.98 Å². The molecule has 2 aromatic rings. The molecule has 6 heteroatoms. The van der Waals surface area contributed by atoms with Gasteiger partial charge in [-0.1, -0.05) is 0 Å². The van der Waals surface area contributed by atoms with Crippen LogP contribution < -0.4 is 5.73 Å². The van der Waals surface area contributed by atoms with Gasteiger partial charge in [-0.15, -0.1) is 11.3 Å². The average Bonchev–Trinajstić information content (AvgIpc) is 2.86. The largest absolute Gasteiger partial charge is 0.375 e. The number of nitrogens with two attached hydrogens (primary N) is 1. The van der Waals surface area contributed by atoms with E-state index in [-0.39, 0.29) is 5.91 Å². The predicted octanol–water partition coefficient (Wildman–Crippen LogP) is 1.28. The van der Waals surface area contributed by atoms with Crippen LogP contribution in [0.4, 0.5) is 5.13 Å². The van der Waals surface area contributed by atoms with Crippen LogP contribution in [0.5, 0.6) is 0 Å². The number of nitrogen functional groups attached to an aromatic ring is 1. The molecule has 5 nitrogen and oxygen atoms in total. The van der Waals surface area contributed by atoms with Crippen molar-refractivity contribution in [1.29, 1.82) is 0 Å². The summed E-state index contributed by atoms with van der Waals surface area (Å²) in [5, 5.41) is 0.573. The van der Waals surface area contributed by atoms with E-state index in [1.54, 1.807) is 29.4 Å². The van der Waals surface area contributed by atoms with E-state index in [4.69, 9.17) is 5.73 Å². The van der Waals surface area contributed by atoms with Gasteiger partial charge in [0.05, 0.1) is 29.2 Å². The van der Waals surface area contributed by atoms with E-state index >= 15 is 0 Å². The maximum Gasteiger partial charge on any atom is 0.256 e. The van der Waals surface area contributed by atoms with E-state index in [0.717, 1.165) is 10.6 Å². The van der Waals surface area contributed by atoms with Crippen LogP contribution in [0.2, 0.25) is 0 Å². The van der Waals surface area contributed by atoms with Crippen LogP contribution in [0, 0.1) is 0 Å². The topological polar surface area (TPSA) is 72.1 Å². The number of nitrogens with zero attached hydrogens (tertiary/aromatic N) is 3. The van der Waals surface area contributed by atoms with Crippen LogP contribution >= 0.6 is 11.3 Å². The fourth-order valence-electron chi connectivity index (χ4n) is 1.88. The van der Waals surface area contributed by atoms with E-state index < -0.39 is 0 Å². The van der Waals surface area contributed by atoms with Crippen LogP contribution in [0.15, 0.2) is 24.5 Å². The number of thiazole rings is 1. The van der Waals surface area contributed by atoms with Gasteiger partial charge in [0.2, 0.25) is 0 Å². The Bertz CT molecular complexity index is 543. The molecule has 3 rings (SSSR count). The number of hydrogen-bond acceptors (Lipinski definition) is 5. The Morgan fingerprint density at radius 2 is 2.35 bits per heavy atom. The van der Waals surface area contributed by atoms with Gasteiger partial charge >= 0.3 is 0 Å².